The molecule has 1 aliphatic heterocycles. The lowest BCUT2D eigenvalue weighted by molar-refractivity contribution is 0.144. The molecule has 1 aliphatic rings. The molecule has 1 unspecified atom stereocenters. The Labute approximate surface area is 108 Å². The minimum absolute atomic E-state index is 0. The molecule has 1 fully saturated rings. The van der Waals surface area contributed by atoms with Gasteiger partial charge in [-0.2, -0.15) is 0 Å². The van der Waals surface area contributed by atoms with E-state index in [2.05, 4.69) is 27.5 Å². The molecule has 3 nitrogen and oxygen atoms in total. The van der Waals surface area contributed by atoms with Crippen molar-refractivity contribution in [3.05, 3.63) is 16.6 Å². The van der Waals surface area contributed by atoms with Gasteiger partial charge in [0.15, 0.2) is 0 Å². The smallest absolute Gasteiger partial charge is 0.107 e. The first kappa shape index (κ1) is 13.9. The van der Waals surface area contributed by atoms with Gasteiger partial charge in [0.25, 0.3) is 0 Å². The SMILES string of the molecule is CCCC1CNCCN1Cc1nccs1.Cl. The molecule has 1 saturated heterocycles. The van der Waals surface area contributed by atoms with Gasteiger partial charge in [-0.3, -0.25) is 4.90 Å². The van der Waals surface area contributed by atoms with E-state index < -0.39 is 0 Å². The second kappa shape index (κ2) is 7.22. The molecule has 1 aromatic heterocycles. The number of nitrogens with zero attached hydrogens (tertiary/aromatic N) is 2. The number of piperazine rings is 1. The maximum atomic E-state index is 4.36. The van der Waals surface area contributed by atoms with Crippen LogP contribution in [0.3, 0.4) is 0 Å². The first-order chi connectivity index (χ1) is 7.40. The third-order valence-electron chi connectivity index (χ3n) is 2.92. The molecule has 2 rings (SSSR count). The van der Waals surface area contributed by atoms with Crippen molar-refractivity contribution < 1.29 is 0 Å². The van der Waals surface area contributed by atoms with E-state index in [1.165, 1.54) is 17.8 Å². The molecule has 0 amide bonds. The lowest BCUT2D eigenvalue weighted by Gasteiger charge is -2.35. The zero-order chi connectivity index (χ0) is 10.5. The van der Waals surface area contributed by atoms with Gasteiger partial charge in [-0.1, -0.05) is 13.3 Å². The van der Waals surface area contributed by atoms with E-state index in [1.807, 2.05) is 6.20 Å². The number of hydrogen-bond donors (Lipinski definition) is 1. The lowest BCUT2D eigenvalue weighted by atomic mass is 10.1. The summed E-state index contributed by atoms with van der Waals surface area (Å²) in [6, 6.07) is 0.702. The van der Waals surface area contributed by atoms with Gasteiger partial charge in [0.05, 0.1) is 6.54 Å². The monoisotopic (exact) mass is 261 g/mol. The number of hydrogen-bond acceptors (Lipinski definition) is 4. The Bertz CT molecular complexity index is 277. The van der Waals surface area contributed by atoms with Gasteiger partial charge in [0, 0.05) is 37.3 Å². The van der Waals surface area contributed by atoms with E-state index in [9.17, 15) is 0 Å². The van der Waals surface area contributed by atoms with Gasteiger partial charge in [-0.15, -0.1) is 23.7 Å². The first-order valence-electron chi connectivity index (χ1n) is 5.73. The highest BCUT2D eigenvalue weighted by molar-refractivity contribution is 7.09. The van der Waals surface area contributed by atoms with E-state index in [1.54, 1.807) is 11.3 Å². The Hall–Kier alpha value is -0.160. The van der Waals surface area contributed by atoms with Crippen LogP contribution in [-0.2, 0) is 6.54 Å². The topological polar surface area (TPSA) is 28.2 Å². The summed E-state index contributed by atoms with van der Waals surface area (Å²) in [7, 11) is 0. The quantitative estimate of drug-likeness (QED) is 0.900. The van der Waals surface area contributed by atoms with Crippen molar-refractivity contribution in [3.63, 3.8) is 0 Å². The molecule has 0 spiro atoms. The van der Waals surface area contributed by atoms with Gasteiger partial charge < -0.3 is 5.32 Å². The first-order valence-corrected chi connectivity index (χ1v) is 6.61. The highest BCUT2D eigenvalue weighted by atomic mass is 35.5. The molecular weight excluding hydrogens is 242 g/mol. The van der Waals surface area contributed by atoms with Crippen LogP contribution >= 0.6 is 23.7 Å². The number of thiazole rings is 1. The fourth-order valence-corrected chi connectivity index (χ4v) is 2.77. The van der Waals surface area contributed by atoms with E-state index in [-0.39, 0.29) is 12.4 Å². The van der Waals surface area contributed by atoms with Crippen molar-refractivity contribution in [2.45, 2.75) is 32.4 Å². The van der Waals surface area contributed by atoms with Gasteiger partial charge in [0.1, 0.15) is 5.01 Å². The van der Waals surface area contributed by atoms with E-state index in [0.29, 0.717) is 6.04 Å². The summed E-state index contributed by atoms with van der Waals surface area (Å²) >= 11 is 1.76. The van der Waals surface area contributed by atoms with Gasteiger partial charge in [-0.05, 0) is 6.42 Å². The van der Waals surface area contributed by atoms with Gasteiger partial charge in [0.2, 0.25) is 0 Å². The predicted octanol–water partition coefficient (Wildman–Crippen LogP) is 2.14. The summed E-state index contributed by atoms with van der Waals surface area (Å²) in [5, 5.41) is 6.78. The summed E-state index contributed by atoms with van der Waals surface area (Å²) in [5.41, 5.74) is 0. The maximum Gasteiger partial charge on any atom is 0.107 e. The summed E-state index contributed by atoms with van der Waals surface area (Å²) < 4.78 is 0. The van der Waals surface area contributed by atoms with Crippen molar-refractivity contribution >= 4 is 23.7 Å². The molecule has 0 saturated carbocycles. The van der Waals surface area contributed by atoms with Crippen LogP contribution in [0.15, 0.2) is 11.6 Å². The molecular formula is C11H20ClN3S. The molecule has 1 atom stereocenters. The largest absolute Gasteiger partial charge is 0.314 e. The fourth-order valence-electron chi connectivity index (χ4n) is 2.13. The van der Waals surface area contributed by atoms with Crippen molar-refractivity contribution in [2.75, 3.05) is 19.6 Å². The molecule has 1 N–H and O–H groups in total. The molecule has 1 aromatic rings. The molecule has 92 valence electrons. The normalized spacial score (nSPS) is 21.7. The Balaban J connectivity index is 0.00000128. The molecule has 5 heteroatoms. The zero-order valence-electron chi connectivity index (χ0n) is 9.69. The lowest BCUT2D eigenvalue weighted by Crippen LogP contribution is -2.50. The van der Waals surface area contributed by atoms with Crippen molar-refractivity contribution in [2.24, 2.45) is 0 Å². The number of nitrogens with one attached hydrogen (secondary N) is 1. The van der Waals surface area contributed by atoms with Crippen molar-refractivity contribution in [1.82, 2.24) is 15.2 Å². The molecule has 16 heavy (non-hydrogen) atoms. The Morgan fingerprint density at radius 2 is 2.50 bits per heavy atom. The van der Waals surface area contributed by atoms with Crippen molar-refractivity contribution in [1.29, 1.82) is 0 Å². The van der Waals surface area contributed by atoms with E-state index in [0.717, 1.165) is 26.2 Å². The molecule has 0 aliphatic carbocycles. The molecule has 2 heterocycles. The number of halogens is 1. The molecule has 0 bridgehead atoms. The zero-order valence-corrected chi connectivity index (χ0v) is 11.3. The standard InChI is InChI=1S/C11H19N3S.ClH/c1-2-3-10-8-12-4-6-14(10)9-11-13-5-7-15-11;/h5,7,10,12H,2-4,6,8-9H2,1H3;1H. The number of aromatic nitrogens is 1. The van der Waals surface area contributed by atoms with E-state index >= 15 is 0 Å². The predicted molar refractivity (Wildman–Crippen MR) is 71.3 cm³/mol. The Morgan fingerprint density at radius 1 is 1.62 bits per heavy atom. The second-order valence-corrected chi connectivity index (χ2v) is 5.02. The van der Waals surface area contributed by atoms with Crippen LogP contribution in [0.4, 0.5) is 0 Å². The van der Waals surface area contributed by atoms with Crippen LogP contribution in [0, 0.1) is 0 Å². The van der Waals surface area contributed by atoms with Crippen LogP contribution in [-0.4, -0.2) is 35.6 Å². The number of rotatable bonds is 4. The Morgan fingerprint density at radius 3 is 3.19 bits per heavy atom. The second-order valence-electron chi connectivity index (χ2n) is 4.04. The minimum atomic E-state index is 0. The highest BCUT2D eigenvalue weighted by Gasteiger charge is 2.21. The minimum Gasteiger partial charge on any atom is -0.314 e. The average molecular weight is 262 g/mol. The van der Waals surface area contributed by atoms with E-state index in [4.69, 9.17) is 0 Å². The molecule has 0 aromatic carbocycles. The third kappa shape index (κ3) is 3.70. The summed E-state index contributed by atoms with van der Waals surface area (Å²) in [6.07, 6.45) is 4.45. The van der Waals surface area contributed by atoms with Crippen molar-refractivity contribution in [3.8, 4) is 0 Å². The summed E-state index contributed by atoms with van der Waals surface area (Å²) in [4.78, 5) is 6.93. The summed E-state index contributed by atoms with van der Waals surface area (Å²) in [6.45, 7) is 6.70. The third-order valence-corrected chi connectivity index (χ3v) is 3.68. The van der Waals surface area contributed by atoms with Crippen LogP contribution in [0.5, 0.6) is 0 Å². The van der Waals surface area contributed by atoms with Crippen LogP contribution in [0.2, 0.25) is 0 Å². The maximum absolute atomic E-state index is 4.36. The van der Waals surface area contributed by atoms with Gasteiger partial charge >= 0.3 is 0 Å². The van der Waals surface area contributed by atoms with Crippen LogP contribution < -0.4 is 5.32 Å². The summed E-state index contributed by atoms with van der Waals surface area (Å²) in [5.74, 6) is 0. The van der Waals surface area contributed by atoms with Crippen LogP contribution in [0.1, 0.15) is 24.8 Å². The average Bonchev–Trinajstić information content (AvgIpc) is 2.74. The highest BCUT2D eigenvalue weighted by Crippen LogP contribution is 2.15. The van der Waals surface area contributed by atoms with Gasteiger partial charge in [-0.25, -0.2) is 4.98 Å². The Kier molecular flexibility index (Phi) is 6.28. The fraction of sp³-hybridized carbons (Fsp3) is 0.727. The molecule has 0 radical (unpaired) electrons. The van der Waals surface area contributed by atoms with Crippen LogP contribution in [0.25, 0.3) is 0 Å².